The number of nitrogens with one attached hydrogen (secondary N) is 1. The second-order valence-corrected chi connectivity index (χ2v) is 9.63. The molecule has 2 unspecified atom stereocenters. The van der Waals surface area contributed by atoms with Crippen molar-refractivity contribution in [2.24, 2.45) is 0 Å². The van der Waals surface area contributed by atoms with Crippen molar-refractivity contribution in [2.45, 2.75) is 25.7 Å². The van der Waals surface area contributed by atoms with Gasteiger partial charge in [0.25, 0.3) is 0 Å². The molecule has 0 aliphatic carbocycles. The van der Waals surface area contributed by atoms with Crippen LogP contribution in [0.5, 0.6) is 11.5 Å². The fourth-order valence-electron chi connectivity index (χ4n) is 4.69. The fourth-order valence-corrected chi connectivity index (χ4v) is 5.23. The number of hydrogen-bond acceptors (Lipinski definition) is 5. The summed E-state index contributed by atoms with van der Waals surface area (Å²) < 4.78 is 53.5. The molecule has 0 saturated carbocycles. The second-order valence-electron chi connectivity index (χ2n) is 8.84. The number of rotatable bonds is 6. The van der Waals surface area contributed by atoms with Gasteiger partial charge in [0, 0.05) is 24.2 Å². The Morgan fingerprint density at radius 3 is 2.59 bits per heavy atom. The summed E-state index contributed by atoms with van der Waals surface area (Å²) in [4.78, 5) is 13.9. The Kier molecular flexibility index (Phi) is 7.75. The van der Waals surface area contributed by atoms with Crippen LogP contribution in [0, 0.1) is 0 Å². The first-order chi connectivity index (χ1) is 17.5. The number of aromatic nitrogens is 2. The number of methoxy groups -OCH3 is 2. The smallest absolute Gasteiger partial charge is 0.434 e. The molecule has 1 aliphatic heterocycles. The van der Waals surface area contributed by atoms with Crippen LogP contribution in [0.4, 0.5) is 18.9 Å². The van der Waals surface area contributed by atoms with Gasteiger partial charge in [-0.05, 0) is 25.1 Å². The number of nitrogens with zero attached hydrogens (tertiary/aromatic N) is 3. The molecule has 2 heterocycles. The highest BCUT2D eigenvalue weighted by atomic mass is 35.5. The van der Waals surface area contributed by atoms with Crippen molar-refractivity contribution in [1.82, 2.24) is 19.6 Å². The standard InChI is InChI=1S/C25H26Cl2F3N4O3/c1-15-14-34(10-9-31-15,17-7-8-19(26)20(12-17)37-3)21(35)13-33-24(25(28,29)30)22(27)23(32-33)16-5-4-6-18(11-16)36-2/h4-8,11-12,15,31H,9-10,13-14H2,1-3H3/q+1. The van der Waals surface area contributed by atoms with Crippen molar-refractivity contribution in [3.63, 3.8) is 0 Å². The van der Waals surface area contributed by atoms with E-state index >= 15 is 0 Å². The van der Waals surface area contributed by atoms with Crippen LogP contribution in [0.25, 0.3) is 11.3 Å². The predicted molar refractivity (Wildman–Crippen MR) is 136 cm³/mol. The maximum Gasteiger partial charge on any atom is 0.434 e. The lowest BCUT2D eigenvalue weighted by Gasteiger charge is -2.41. The Hall–Kier alpha value is -2.79. The van der Waals surface area contributed by atoms with E-state index in [2.05, 4.69) is 10.4 Å². The number of ether oxygens (including phenoxy) is 2. The molecular formula is C25H26Cl2F3N4O3+. The molecule has 0 spiro atoms. The summed E-state index contributed by atoms with van der Waals surface area (Å²) in [5, 5.41) is 7.23. The zero-order valence-electron chi connectivity index (χ0n) is 20.4. The minimum Gasteiger partial charge on any atom is -0.497 e. The largest absolute Gasteiger partial charge is 0.497 e. The summed E-state index contributed by atoms with van der Waals surface area (Å²) in [5.74, 6) is 0.331. The Bertz CT molecular complexity index is 1310. The molecule has 1 aromatic heterocycles. The van der Waals surface area contributed by atoms with E-state index in [4.69, 9.17) is 32.7 Å². The molecule has 0 radical (unpaired) electrons. The summed E-state index contributed by atoms with van der Waals surface area (Å²) in [6.07, 6.45) is -4.84. The molecule has 12 heteroatoms. The van der Waals surface area contributed by atoms with Gasteiger partial charge in [-0.15, -0.1) is 0 Å². The number of quaternary nitrogens is 1. The number of amides is 1. The van der Waals surface area contributed by atoms with E-state index in [0.717, 1.165) is 0 Å². The number of benzene rings is 2. The van der Waals surface area contributed by atoms with Gasteiger partial charge < -0.3 is 14.8 Å². The van der Waals surface area contributed by atoms with E-state index in [9.17, 15) is 18.0 Å². The third-order valence-electron chi connectivity index (χ3n) is 6.47. The lowest BCUT2D eigenvalue weighted by molar-refractivity contribution is -0.145. The molecule has 4 rings (SSSR count). The summed E-state index contributed by atoms with van der Waals surface area (Å²) in [5.41, 5.74) is -0.368. The van der Waals surface area contributed by atoms with Crippen molar-refractivity contribution >= 4 is 34.8 Å². The molecule has 3 aromatic rings. The number of carbonyl (C=O) groups excluding carboxylic acids is 1. The summed E-state index contributed by atoms with van der Waals surface area (Å²) >= 11 is 12.4. The normalized spacial score (nSPS) is 20.1. The van der Waals surface area contributed by atoms with E-state index < -0.39 is 29.3 Å². The summed E-state index contributed by atoms with van der Waals surface area (Å²) in [6.45, 7) is 2.41. The van der Waals surface area contributed by atoms with Crippen LogP contribution in [-0.2, 0) is 17.5 Å². The average molecular weight is 558 g/mol. The van der Waals surface area contributed by atoms with Gasteiger partial charge in [0.15, 0.2) is 12.2 Å². The first-order valence-corrected chi connectivity index (χ1v) is 12.2. The molecule has 2 aromatic carbocycles. The van der Waals surface area contributed by atoms with Crippen LogP contribution >= 0.6 is 23.2 Å². The van der Waals surface area contributed by atoms with E-state index in [0.29, 0.717) is 52.1 Å². The van der Waals surface area contributed by atoms with E-state index in [-0.39, 0.29) is 16.2 Å². The van der Waals surface area contributed by atoms with Crippen LogP contribution in [0.3, 0.4) is 0 Å². The molecule has 1 fully saturated rings. The molecule has 1 amide bonds. The summed E-state index contributed by atoms with van der Waals surface area (Å²) in [7, 11) is 2.90. The molecule has 198 valence electrons. The van der Waals surface area contributed by atoms with E-state index in [1.807, 2.05) is 6.92 Å². The second kappa shape index (κ2) is 10.5. The van der Waals surface area contributed by atoms with Gasteiger partial charge in [-0.2, -0.15) is 18.3 Å². The number of halogens is 5. The molecule has 0 bridgehead atoms. The van der Waals surface area contributed by atoms with Crippen LogP contribution in [-0.4, -0.2) is 55.6 Å². The first kappa shape index (κ1) is 27.3. The highest BCUT2D eigenvalue weighted by molar-refractivity contribution is 6.34. The van der Waals surface area contributed by atoms with Crippen molar-refractivity contribution < 1.29 is 27.4 Å². The van der Waals surface area contributed by atoms with Crippen molar-refractivity contribution in [3.05, 3.63) is 58.2 Å². The quantitative estimate of drug-likeness (QED) is 0.410. The molecule has 7 nitrogen and oxygen atoms in total. The third kappa shape index (κ3) is 5.29. The van der Waals surface area contributed by atoms with Gasteiger partial charge in [0.2, 0.25) is 0 Å². The molecule has 1 saturated heterocycles. The fraction of sp³-hybridized carbons (Fsp3) is 0.360. The lowest BCUT2D eigenvalue weighted by Crippen LogP contribution is -2.66. The zero-order chi connectivity index (χ0) is 27.0. The minimum atomic E-state index is -4.84. The summed E-state index contributed by atoms with van der Waals surface area (Å²) in [6, 6.07) is 11.3. The first-order valence-electron chi connectivity index (χ1n) is 11.5. The number of carbonyl (C=O) groups is 1. The maximum atomic E-state index is 14.2. The van der Waals surface area contributed by atoms with Gasteiger partial charge in [-0.25, -0.2) is 14.0 Å². The van der Waals surface area contributed by atoms with Crippen LogP contribution < -0.4 is 19.3 Å². The van der Waals surface area contributed by atoms with Crippen LogP contribution in [0.2, 0.25) is 10.0 Å². The molecule has 2 atom stereocenters. The molecule has 1 aliphatic rings. The Morgan fingerprint density at radius 1 is 1.19 bits per heavy atom. The molecule has 37 heavy (non-hydrogen) atoms. The van der Waals surface area contributed by atoms with Crippen molar-refractivity contribution in [2.75, 3.05) is 33.9 Å². The Morgan fingerprint density at radius 2 is 1.95 bits per heavy atom. The lowest BCUT2D eigenvalue weighted by atomic mass is 10.1. The van der Waals surface area contributed by atoms with Crippen molar-refractivity contribution in [3.8, 4) is 22.8 Å². The molecule has 1 N–H and O–H groups in total. The minimum absolute atomic E-state index is 0.0741. The topological polar surface area (TPSA) is 65.4 Å². The van der Waals surface area contributed by atoms with Crippen LogP contribution in [0.1, 0.15) is 12.6 Å². The van der Waals surface area contributed by atoms with Gasteiger partial charge in [-0.3, -0.25) is 0 Å². The maximum absolute atomic E-state index is 14.2. The van der Waals surface area contributed by atoms with Gasteiger partial charge in [-0.1, -0.05) is 35.3 Å². The molecular weight excluding hydrogens is 532 g/mol. The average Bonchev–Trinajstić information content (AvgIpc) is 3.20. The monoisotopic (exact) mass is 557 g/mol. The van der Waals surface area contributed by atoms with Gasteiger partial charge in [0.1, 0.15) is 36.0 Å². The number of alkyl halides is 3. The Labute approximate surface area is 222 Å². The van der Waals surface area contributed by atoms with Crippen LogP contribution in [0.15, 0.2) is 42.5 Å². The Balaban J connectivity index is 1.81. The highest BCUT2D eigenvalue weighted by Crippen LogP contribution is 2.41. The third-order valence-corrected chi connectivity index (χ3v) is 7.14. The highest BCUT2D eigenvalue weighted by Gasteiger charge is 2.46. The van der Waals surface area contributed by atoms with Gasteiger partial charge >= 0.3 is 12.1 Å². The van der Waals surface area contributed by atoms with E-state index in [1.165, 1.54) is 20.3 Å². The zero-order valence-corrected chi connectivity index (χ0v) is 21.9. The predicted octanol–water partition coefficient (Wildman–Crippen LogP) is 5.42. The van der Waals surface area contributed by atoms with Gasteiger partial charge in [0.05, 0.1) is 30.3 Å². The number of piperazine rings is 1. The van der Waals surface area contributed by atoms with E-state index in [1.54, 1.807) is 36.4 Å². The van der Waals surface area contributed by atoms with Crippen molar-refractivity contribution in [1.29, 1.82) is 0 Å². The SMILES string of the molecule is COc1cccc(-c2nn(CC(=O)[N+]3(c4ccc(Cl)c(OC)c4)CCNC(C)C3)c(C(F)(F)F)c2Cl)c1. The number of hydrogen-bond donors (Lipinski definition) is 1.